The van der Waals surface area contributed by atoms with Crippen molar-refractivity contribution in [2.24, 2.45) is 0 Å². The van der Waals surface area contributed by atoms with Crippen molar-refractivity contribution in [3.8, 4) is 11.3 Å². The molecule has 0 amide bonds. The minimum absolute atomic E-state index is 0.0281. The Labute approximate surface area is 123 Å². The lowest BCUT2D eigenvalue weighted by molar-refractivity contribution is 0.480. The van der Waals surface area contributed by atoms with E-state index < -0.39 is 9.84 Å². The molecule has 0 aromatic carbocycles. The predicted molar refractivity (Wildman–Crippen MR) is 80.3 cm³/mol. The first-order chi connectivity index (χ1) is 10.1. The first kappa shape index (κ1) is 14.2. The van der Waals surface area contributed by atoms with Gasteiger partial charge in [0.05, 0.1) is 23.4 Å². The highest BCUT2D eigenvalue weighted by molar-refractivity contribution is 7.91. The molecule has 0 aliphatic carbocycles. The van der Waals surface area contributed by atoms with E-state index in [9.17, 15) is 8.42 Å². The van der Waals surface area contributed by atoms with Gasteiger partial charge in [0.15, 0.2) is 9.84 Å². The molecule has 0 bridgehead atoms. The summed E-state index contributed by atoms with van der Waals surface area (Å²) in [6.07, 6.45) is 6.92. The molecule has 2 aromatic rings. The lowest BCUT2D eigenvalue weighted by Crippen LogP contribution is -2.39. The van der Waals surface area contributed by atoms with Crippen molar-refractivity contribution in [1.29, 1.82) is 0 Å². The summed E-state index contributed by atoms with van der Waals surface area (Å²) in [7, 11) is -2.88. The Morgan fingerprint density at radius 1 is 1.38 bits per heavy atom. The molecule has 7 heteroatoms. The first-order valence-electron chi connectivity index (χ1n) is 7.00. The van der Waals surface area contributed by atoms with Crippen LogP contribution in [0, 0.1) is 0 Å². The molecule has 0 saturated carbocycles. The van der Waals surface area contributed by atoms with E-state index in [1.807, 2.05) is 12.1 Å². The fourth-order valence-electron chi connectivity index (χ4n) is 2.64. The number of aromatic nitrogens is 3. The third-order valence-electron chi connectivity index (χ3n) is 3.71. The summed E-state index contributed by atoms with van der Waals surface area (Å²) in [6.45, 7) is 0.598. The van der Waals surface area contributed by atoms with Gasteiger partial charge in [-0.2, -0.15) is 5.10 Å². The molecule has 1 atom stereocenters. The van der Waals surface area contributed by atoms with Gasteiger partial charge in [-0.25, -0.2) is 8.42 Å². The second kappa shape index (κ2) is 5.95. The van der Waals surface area contributed by atoms with Gasteiger partial charge in [-0.3, -0.25) is 10.1 Å². The van der Waals surface area contributed by atoms with E-state index in [0.29, 0.717) is 12.3 Å². The number of rotatable bonds is 4. The van der Waals surface area contributed by atoms with Crippen LogP contribution in [0.4, 0.5) is 0 Å². The van der Waals surface area contributed by atoms with Gasteiger partial charge in [0.1, 0.15) is 0 Å². The maximum Gasteiger partial charge on any atom is 0.151 e. The molecule has 21 heavy (non-hydrogen) atoms. The van der Waals surface area contributed by atoms with Gasteiger partial charge < -0.3 is 5.32 Å². The first-order valence-corrected chi connectivity index (χ1v) is 8.83. The zero-order chi connectivity index (χ0) is 14.7. The predicted octanol–water partition coefficient (Wildman–Crippen LogP) is 1.14. The van der Waals surface area contributed by atoms with Crippen LogP contribution >= 0.6 is 0 Å². The smallest absolute Gasteiger partial charge is 0.151 e. The Kier molecular flexibility index (Phi) is 4.03. The number of pyridine rings is 1. The summed E-state index contributed by atoms with van der Waals surface area (Å²) in [6, 6.07) is 3.87. The highest BCUT2D eigenvalue weighted by Crippen LogP contribution is 2.20. The fourth-order valence-corrected chi connectivity index (χ4v) is 4.31. The van der Waals surface area contributed by atoms with Crippen molar-refractivity contribution in [2.45, 2.75) is 25.4 Å². The van der Waals surface area contributed by atoms with Gasteiger partial charge in [0, 0.05) is 36.1 Å². The summed E-state index contributed by atoms with van der Waals surface area (Å²) >= 11 is 0. The number of sulfone groups is 1. The normalized spacial score (nSPS) is 21.2. The number of hydrogen-bond acceptors (Lipinski definition) is 5. The van der Waals surface area contributed by atoms with Crippen LogP contribution in [0.15, 0.2) is 30.7 Å². The summed E-state index contributed by atoms with van der Waals surface area (Å²) in [4.78, 5) is 4.10. The third kappa shape index (κ3) is 3.48. The fraction of sp³-hybridized carbons (Fsp3) is 0.429. The lowest BCUT2D eigenvalue weighted by Gasteiger charge is -2.23. The monoisotopic (exact) mass is 306 g/mol. The van der Waals surface area contributed by atoms with Crippen molar-refractivity contribution in [3.05, 3.63) is 36.3 Å². The van der Waals surface area contributed by atoms with Crippen LogP contribution in [0.3, 0.4) is 0 Å². The second-order valence-electron chi connectivity index (χ2n) is 5.35. The van der Waals surface area contributed by atoms with Gasteiger partial charge in [-0.05, 0) is 25.0 Å². The second-order valence-corrected chi connectivity index (χ2v) is 7.58. The van der Waals surface area contributed by atoms with Gasteiger partial charge >= 0.3 is 0 Å². The zero-order valence-corrected chi connectivity index (χ0v) is 12.4. The van der Waals surface area contributed by atoms with E-state index in [1.54, 1.807) is 18.6 Å². The molecule has 1 aliphatic heterocycles. The lowest BCUT2D eigenvalue weighted by atomic mass is 10.1. The molecular formula is C14H18N4O2S. The van der Waals surface area contributed by atoms with Crippen molar-refractivity contribution >= 4 is 9.84 Å². The van der Waals surface area contributed by atoms with E-state index >= 15 is 0 Å². The third-order valence-corrected chi connectivity index (χ3v) is 5.53. The summed E-state index contributed by atoms with van der Waals surface area (Å²) in [5.74, 6) is 0.547. The summed E-state index contributed by atoms with van der Waals surface area (Å²) in [5, 5.41) is 10.4. The molecule has 0 spiro atoms. The Morgan fingerprint density at radius 2 is 2.29 bits per heavy atom. The molecule has 2 aromatic heterocycles. The molecule has 1 aliphatic rings. The van der Waals surface area contributed by atoms with Crippen LogP contribution in [0.1, 0.15) is 18.4 Å². The van der Waals surface area contributed by atoms with Gasteiger partial charge in [-0.15, -0.1) is 0 Å². The molecule has 1 saturated heterocycles. The molecule has 112 valence electrons. The van der Waals surface area contributed by atoms with Crippen molar-refractivity contribution in [1.82, 2.24) is 20.5 Å². The minimum Gasteiger partial charge on any atom is -0.309 e. The molecular weight excluding hydrogens is 288 g/mol. The van der Waals surface area contributed by atoms with E-state index in [1.165, 1.54) is 0 Å². The number of H-pyrrole nitrogens is 1. The Hall–Kier alpha value is -1.73. The summed E-state index contributed by atoms with van der Waals surface area (Å²) in [5.41, 5.74) is 2.92. The van der Waals surface area contributed by atoms with E-state index in [-0.39, 0.29) is 11.8 Å². The number of nitrogens with zero attached hydrogens (tertiary/aromatic N) is 2. The van der Waals surface area contributed by atoms with Crippen molar-refractivity contribution in [2.75, 3.05) is 11.5 Å². The quantitative estimate of drug-likeness (QED) is 0.884. The Bertz CT molecular complexity index is 697. The average molecular weight is 306 g/mol. The van der Waals surface area contributed by atoms with Crippen LogP contribution in [0.2, 0.25) is 0 Å². The molecule has 6 nitrogen and oxygen atoms in total. The summed E-state index contributed by atoms with van der Waals surface area (Å²) < 4.78 is 23.3. The Morgan fingerprint density at radius 3 is 3.05 bits per heavy atom. The number of hydrogen-bond donors (Lipinski definition) is 2. The molecule has 3 rings (SSSR count). The molecule has 2 N–H and O–H groups in total. The van der Waals surface area contributed by atoms with E-state index in [2.05, 4.69) is 20.5 Å². The van der Waals surface area contributed by atoms with Crippen LogP contribution in [0.5, 0.6) is 0 Å². The van der Waals surface area contributed by atoms with Crippen molar-refractivity contribution < 1.29 is 8.42 Å². The van der Waals surface area contributed by atoms with Crippen LogP contribution in [-0.2, 0) is 16.4 Å². The largest absolute Gasteiger partial charge is 0.309 e. The topological polar surface area (TPSA) is 87.7 Å². The van der Waals surface area contributed by atoms with Crippen LogP contribution < -0.4 is 5.32 Å². The number of aromatic amines is 1. The van der Waals surface area contributed by atoms with Gasteiger partial charge in [-0.1, -0.05) is 0 Å². The van der Waals surface area contributed by atoms with Crippen LogP contribution in [-0.4, -0.2) is 41.1 Å². The average Bonchev–Trinajstić information content (AvgIpc) is 2.93. The Balaban J connectivity index is 1.68. The molecule has 1 fully saturated rings. The van der Waals surface area contributed by atoms with Gasteiger partial charge in [0.25, 0.3) is 0 Å². The van der Waals surface area contributed by atoms with Gasteiger partial charge in [0.2, 0.25) is 0 Å². The van der Waals surface area contributed by atoms with E-state index in [0.717, 1.165) is 29.7 Å². The maximum absolute atomic E-state index is 11.6. The minimum atomic E-state index is -2.88. The maximum atomic E-state index is 11.6. The number of nitrogens with one attached hydrogen (secondary N) is 2. The SMILES string of the molecule is O=S1(=O)CCCC(NCc2cn[nH]c2-c2cccnc2)C1. The highest BCUT2D eigenvalue weighted by Gasteiger charge is 2.24. The van der Waals surface area contributed by atoms with Crippen molar-refractivity contribution in [3.63, 3.8) is 0 Å². The van der Waals surface area contributed by atoms with E-state index in [4.69, 9.17) is 0 Å². The van der Waals surface area contributed by atoms with Crippen LogP contribution in [0.25, 0.3) is 11.3 Å². The molecule has 0 radical (unpaired) electrons. The zero-order valence-electron chi connectivity index (χ0n) is 11.6. The molecule has 3 heterocycles. The standard InChI is InChI=1S/C14H18N4O2S/c19-21(20)6-2-4-13(10-21)16-8-12-9-17-18-14(12)11-3-1-5-15-7-11/h1,3,5,7,9,13,16H,2,4,6,8,10H2,(H,17,18). The molecule has 1 unspecified atom stereocenters. The highest BCUT2D eigenvalue weighted by atomic mass is 32.2.